The van der Waals surface area contributed by atoms with Crippen LogP contribution < -0.4 is 0 Å². The van der Waals surface area contributed by atoms with Crippen LogP contribution in [0.4, 0.5) is 4.79 Å². The lowest BCUT2D eigenvalue weighted by atomic mass is 9.97. The van der Waals surface area contributed by atoms with E-state index >= 15 is 0 Å². The number of hydrogen-bond donors (Lipinski definition) is 0. The number of ether oxygens (including phenoxy) is 1. The minimum absolute atomic E-state index is 0.163. The van der Waals surface area contributed by atoms with Crippen molar-refractivity contribution in [3.8, 4) is 0 Å². The highest BCUT2D eigenvalue weighted by molar-refractivity contribution is 6.31. The average molecular weight is 330 g/mol. The van der Waals surface area contributed by atoms with E-state index in [9.17, 15) is 9.59 Å². The molecule has 1 heterocycles. The quantitative estimate of drug-likeness (QED) is 0.747. The molecule has 1 fully saturated rings. The van der Waals surface area contributed by atoms with Gasteiger partial charge in [0, 0.05) is 6.42 Å². The summed E-state index contributed by atoms with van der Waals surface area (Å²) in [6, 6.07) is -0.260. The predicted octanol–water partition coefficient (Wildman–Crippen LogP) is 3.01. The molecule has 1 rings (SSSR count). The van der Waals surface area contributed by atoms with Crippen LogP contribution in [0, 0.1) is 0 Å². The molecule has 2 amide bonds. The molecule has 0 aromatic rings. The zero-order valence-corrected chi connectivity index (χ0v) is 16.7. The molecule has 1 aliphatic rings. The lowest BCUT2D eigenvalue weighted by Crippen LogP contribution is -2.53. The van der Waals surface area contributed by atoms with E-state index in [1.54, 1.807) is 20.8 Å². The summed E-state index contributed by atoms with van der Waals surface area (Å²) in [7, 11) is -0.776. The Morgan fingerprint density at radius 3 is 2.14 bits per heavy atom. The molecule has 0 bridgehead atoms. The van der Waals surface area contributed by atoms with Crippen LogP contribution >= 0.6 is 0 Å². The van der Waals surface area contributed by atoms with Gasteiger partial charge >= 0.3 is 6.09 Å². The van der Waals surface area contributed by atoms with Crippen molar-refractivity contribution in [3.05, 3.63) is 0 Å². The predicted molar refractivity (Wildman–Crippen MR) is 89.5 cm³/mol. The Hall–Kier alpha value is -0.883. The lowest BCUT2D eigenvalue weighted by molar-refractivity contribution is -0.130. The highest BCUT2D eigenvalue weighted by Crippen LogP contribution is 2.33. The zero-order chi connectivity index (χ0) is 17.3. The average Bonchev–Trinajstić information content (AvgIpc) is 2.66. The number of rotatable bonds is 3. The van der Waals surface area contributed by atoms with Gasteiger partial charge in [0.25, 0.3) is 0 Å². The fraction of sp³-hybridized carbons (Fsp3) is 0.875. The SMILES string of the molecule is CC(C)(C)OC(=O)N1C(=O)CCC1C(C)(C)O[SiH2]C(C)(C)C. The second kappa shape index (κ2) is 6.32. The van der Waals surface area contributed by atoms with Crippen LogP contribution in [-0.2, 0) is 14.0 Å². The van der Waals surface area contributed by atoms with Crippen LogP contribution in [0.15, 0.2) is 0 Å². The van der Waals surface area contributed by atoms with Crippen LogP contribution in [0.1, 0.15) is 68.2 Å². The minimum atomic E-state index is -0.776. The van der Waals surface area contributed by atoms with Crippen LogP contribution in [0.3, 0.4) is 0 Å². The Kier molecular flexibility index (Phi) is 5.50. The summed E-state index contributed by atoms with van der Waals surface area (Å²) < 4.78 is 11.6. The first kappa shape index (κ1) is 19.2. The van der Waals surface area contributed by atoms with Crippen molar-refractivity contribution < 1.29 is 18.8 Å². The first-order chi connectivity index (χ1) is 9.73. The molecular formula is C16H31NO4Si. The van der Waals surface area contributed by atoms with Crippen LogP contribution in [0.2, 0.25) is 5.04 Å². The van der Waals surface area contributed by atoms with Gasteiger partial charge in [0.05, 0.1) is 11.6 Å². The Morgan fingerprint density at radius 1 is 1.14 bits per heavy atom. The Balaban J connectivity index is 2.87. The van der Waals surface area contributed by atoms with Crippen LogP contribution in [0.25, 0.3) is 0 Å². The van der Waals surface area contributed by atoms with Crippen molar-refractivity contribution in [1.82, 2.24) is 4.90 Å². The molecule has 0 aromatic carbocycles. The smallest absolute Gasteiger partial charge is 0.417 e. The molecule has 22 heavy (non-hydrogen) atoms. The monoisotopic (exact) mass is 329 g/mol. The number of carbonyl (C=O) groups is 2. The van der Waals surface area contributed by atoms with E-state index in [1.807, 2.05) is 13.8 Å². The maximum absolute atomic E-state index is 12.4. The second-order valence-electron chi connectivity index (χ2n) is 8.75. The number of carbonyl (C=O) groups excluding carboxylic acids is 2. The summed E-state index contributed by atoms with van der Waals surface area (Å²) >= 11 is 0. The van der Waals surface area contributed by atoms with Gasteiger partial charge in [0.1, 0.15) is 5.60 Å². The van der Waals surface area contributed by atoms with Crippen molar-refractivity contribution in [1.29, 1.82) is 0 Å². The molecule has 0 saturated carbocycles. The van der Waals surface area contributed by atoms with Crippen LogP contribution in [-0.4, -0.2) is 43.9 Å². The maximum Gasteiger partial charge on any atom is 0.417 e. The third-order valence-corrected chi connectivity index (χ3v) is 5.24. The molecule has 128 valence electrons. The third kappa shape index (κ3) is 5.39. The van der Waals surface area contributed by atoms with Gasteiger partial charge in [-0.05, 0) is 46.1 Å². The van der Waals surface area contributed by atoms with Gasteiger partial charge in [-0.1, -0.05) is 20.8 Å². The van der Waals surface area contributed by atoms with Crippen molar-refractivity contribution in [2.24, 2.45) is 0 Å². The van der Waals surface area contributed by atoms with E-state index in [4.69, 9.17) is 9.16 Å². The van der Waals surface area contributed by atoms with Gasteiger partial charge in [-0.2, -0.15) is 0 Å². The highest BCUT2D eigenvalue weighted by Gasteiger charge is 2.46. The van der Waals surface area contributed by atoms with E-state index in [0.29, 0.717) is 12.8 Å². The normalized spacial score (nSPS) is 21.0. The van der Waals surface area contributed by atoms with Gasteiger partial charge in [-0.25, -0.2) is 9.69 Å². The summed E-state index contributed by atoms with van der Waals surface area (Å²) in [5.74, 6) is -0.173. The molecule has 1 unspecified atom stereocenters. The fourth-order valence-electron chi connectivity index (χ4n) is 2.38. The number of imide groups is 1. The molecule has 0 spiro atoms. The zero-order valence-electron chi connectivity index (χ0n) is 15.3. The molecule has 6 heteroatoms. The summed E-state index contributed by atoms with van der Waals surface area (Å²) in [5, 5.41) is 0.163. The summed E-state index contributed by atoms with van der Waals surface area (Å²) in [6.45, 7) is 15.8. The van der Waals surface area contributed by atoms with E-state index in [2.05, 4.69) is 20.8 Å². The van der Waals surface area contributed by atoms with E-state index < -0.39 is 27.1 Å². The fourth-order valence-corrected chi connectivity index (χ4v) is 3.38. The summed E-state index contributed by atoms with van der Waals surface area (Å²) in [5.41, 5.74) is -1.15. The van der Waals surface area contributed by atoms with Crippen molar-refractivity contribution >= 4 is 21.8 Å². The van der Waals surface area contributed by atoms with Gasteiger partial charge in [0.2, 0.25) is 5.91 Å². The largest absolute Gasteiger partial charge is 0.443 e. The molecule has 0 N–H and O–H groups in total. The maximum atomic E-state index is 12.4. The molecule has 1 atom stereocenters. The number of amides is 2. The highest BCUT2D eigenvalue weighted by atomic mass is 28.2. The minimum Gasteiger partial charge on any atom is -0.443 e. The Labute approximate surface area is 136 Å². The summed E-state index contributed by atoms with van der Waals surface area (Å²) in [4.78, 5) is 25.8. The Bertz CT molecular complexity index is 434. The molecule has 1 aliphatic heterocycles. The topological polar surface area (TPSA) is 55.8 Å². The molecule has 1 saturated heterocycles. The first-order valence-electron chi connectivity index (χ1n) is 7.92. The standard InChI is InChI=1S/C16H31NO4Si/c1-14(2,3)20-13(19)17-11(9-10-12(17)18)16(7,8)21-22-15(4,5)6/h11H,9-10,22H2,1-8H3. The van der Waals surface area contributed by atoms with Gasteiger partial charge in [0.15, 0.2) is 9.76 Å². The van der Waals surface area contributed by atoms with E-state index in [0.717, 1.165) is 0 Å². The first-order valence-corrected chi connectivity index (χ1v) is 9.20. The van der Waals surface area contributed by atoms with E-state index in [-0.39, 0.29) is 17.0 Å². The van der Waals surface area contributed by atoms with E-state index in [1.165, 1.54) is 4.90 Å². The summed E-state index contributed by atoms with van der Waals surface area (Å²) in [6.07, 6.45) is 0.436. The third-order valence-electron chi connectivity index (χ3n) is 3.48. The van der Waals surface area contributed by atoms with Gasteiger partial charge in [-0.3, -0.25) is 4.79 Å². The van der Waals surface area contributed by atoms with Crippen molar-refractivity contribution in [3.63, 3.8) is 0 Å². The number of nitrogens with zero attached hydrogens (tertiary/aromatic N) is 1. The van der Waals surface area contributed by atoms with Crippen LogP contribution in [0.5, 0.6) is 0 Å². The van der Waals surface area contributed by atoms with Crippen molar-refractivity contribution in [2.75, 3.05) is 0 Å². The number of hydrogen-bond acceptors (Lipinski definition) is 4. The molecule has 0 aromatic heterocycles. The molecule has 0 radical (unpaired) electrons. The van der Waals surface area contributed by atoms with Gasteiger partial charge < -0.3 is 9.16 Å². The Morgan fingerprint density at radius 2 is 1.68 bits per heavy atom. The molecule has 5 nitrogen and oxygen atoms in total. The van der Waals surface area contributed by atoms with Gasteiger partial charge in [-0.15, -0.1) is 0 Å². The molecular weight excluding hydrogens is 298 g/mol. The molecule has 0 aliphatic carbocycles. The van der Waals surface area contributed by atoms with Crippen molar-refractivity contribution in [2.45, 2.75) is 90.5 Å². The second-order valence-corrected chi connectivity index (χ2v) is 11.5. The number of likely N-dealkylation sites (tertiary alicyclic amines) is 1. The lowest BCUT2D eigenvalue weighted by Gasteiger charge is -2.39.